The molecule has 0 unspecified atom stereocenters. The van der Waals surface area contributed by atoms with E-state index in [1.807, 2.05) is 54.1 Å². The summed E-state index contributed by atoms with van der Waals surface area (Å²) in [4.78, 5) is 23.6. The molecule has 1 heterocycles. The Morgan fingerprint density at radius 2 is 1.79 bits per heavy atom. The third-order valence-corrected chi connectivity index (χ3v) is 5.76. The van der Waals surface area contributed by atoms with E-state index < -0.39 is 0 Å². The topological polar surface area (TPSA) is 48.4 Å². The standard InChI is InChI=1S/C27H38N4O2/c1-8-9-14-28-23(5)30-15-17-31(18-16-30)27(32)20-29(6)26(21(2)3)19-22(4)24-10-12-25(33-7)13-11-24/h8-14,19,21H,1,4,15-18,20H2,2-3,5-7H3/b14-9-,26-19-,28-23?. The normalized spacial score (nSPS) is 15.2. The van der Waals surface area contributed by atoms with E-state index in [2.05, 4.69) is 43.0 Å². The van der Waals surface area contributed by atoms with Crippen molar-refractivity contribution < 1.29 is 9.53 Å². The Bertz CT molecular complexity index is 905. The SMILES string of the molecule is C=C/C=C\N=C(C)N1CCN(C(=O)CN(C)/C(=C\C(=C)c2ccc(OC)cc2)C(C)C)CC1. The molecule has 1 aliphatic heterocycles. The van der Waals surface area contributed by atoms with Crippen molar-refractivity contribution in [3.8, 4) is 5.75 Å². The molecular formula is C27H38N4O2. The summed E-state index contributed by atoms with van der Waals surface area (Å²) >= 11 is 0. The first kappa shape index (κ1) is 26.0. The third-order valence-electron chi connectivity index (χ3n) is 5.76. The molecule has 1 aliphatic rings. The molecule has 0 N–H and O–H groups in total. The van der Waals surface area contributed by atoms with Crippen molar-refractivity contribution in [2.75, 3.05) is 46.9 Å². The van der Waals surface area contributed by atoms with Crippen molar-refractivity contribution in [2.45, 2.75) is 20.8 Å². The van der Waals surface area contributed by atoms with Crippen LogP contribution in [0.5, 0.6) is 5.75 Å². The van der Waals surface area contributed by atoms with E-state index in [0.717, 1.165) is 41.5 Å². The molecule has 0 bridgehead atoms. The number of carbonyl (C=O) groups excluding carboxylic acids is 1. The lowest BCUT2D eigenvalue weighted by Gasteiger charge is -2.37. The molecule has 1 saturated heterocycles. The number of likely N-dealkylation sites (N-methyl/N-ethyl adjacent to an activating group) is 1. The van der Waals surface area contributed by atoms with Crippen LogP contribution in [0.25, 0.3) is 5.57 Å². The predicted octanol–water partition coefficient (Wildman–Crippen LogP) is 4.44. The monoisotopic (exact) mass is 450 g/mol. The van der Waals surface area contributed by atoms with Crippen LogP contribution in [0, 0.1) is 5.92 Å². The lowest BCUT2D eigenvalue weighted by Crippen LogP contribution is -2.52. The quantitative estimate of drug-likeness (QED) is 0.317. The molecule has 178 valence electrons. The Morgan fingerprint density at radius 1 is 1.18 bits per heavy atom. The minimum absolute atomic E-state index is 0.139. The highest BCUT2D eigenvalue weighted by Crippen LogP contribution is 2.23. The highest BCUT2D eigenvalue weighted by molar-refractivity contribution is 5.82. The van der Waals surface area contributed by atoms with Crippen LogP contribution >= 0.6 is 0 Å². The molecule has 1 aromatic carbocycles. The van der Waals surface area contributed by atoms with E-state index in [1.54, 1.807) is 19.4 Å². The molecule has 1 fully saturated rings. The zero-order valence-corrected chi connectivity index (χ0v) is 20.8. The summed E-state index contributed by atoms with van der Waals surface area (Å²) in [6.45, 7) is 17.5. The minimum Gasteiger partial charge on any atom is -0.497 e. The van der Waals surface area contributed by atoms with Gasteiger partial charge in [0.1, 0.15) is 11.6 Å². The van der Waals surface area contributed by atoms with E-state index in [0.29, 0.717) is 19.6 Å². The number of piperazine rings is 1. The first-order chi connectivity index (χ1) is 15.8. The van der Waals surface area contributed by atoms with Crippen LogP contribution in [0.2, 0.25) is 0 Å². The van der Waals surface area contributed by atoms with Gasteiger partial charge in [0.15, 0.2) is 0 Å². The van der Waals surface area contributed by atoms with Crippen molar-refractivity contribution in [1.29, 1.82) is 0 Å². The largest absolute Gasteiger partial charge is 0.497 e. The fraction of sp³-hybridized carbons (Fsp3) is 0.407. The molecule has 6 nitrogen and oxygen atoms in total. The van der Waals surface area contributed by atoms with Gasteiger partial charge in [-0.2, -0.15) is 0 Å². The maximum atomic E-state index is 13.0. The van der Waals surface area contributed by atoms with E-state index in [1.165, 1.54) is 0 Å². The fourth-order valence-corrected chi connectivity index (χ4v) is 3.75. The summed E-state index contributed by atoms with van der Waals surface area (Å²) < 4.78 is 5.24. The van der Waals surface area contributed by atoms with Gasteiger partial charge < -0.3 is 19.4 Å². The van der Waals surface area contributed by atoms with Crippen LogP contribution in [-0.2, 0) is 4.79 Å². The van der Waals surface area contributed by atoms with Gasteiger partial charge in [0.25, 0.3) is 0 Å². The fourth-order valence-electron chi connectivity index (χ4n) is 3.75. The van der Waals surface area contributed by atoms with Crippen molar-refractivity contribution in [2.24, 2.45) is 10.9 Å². The van der Waals surface area contributed by atoms with Crippen LogP contribution in [0.1, 0.15) is 26.3 Å². The molecule has 0 radical (unpaired) electrons. The van der Waals surface area contributed by atoms with Gasteiger partial charge >= 0.3 is 0 Å². The smallest absolute Gasteiger partial charge is 0.242 e. The zero-order chi connectivity index (χ0) is 24.4. The molecule has 1 amide bonds. The first-order valence-corrected chi connectivity index (χ1v) is 11.4. The summed E-state index contributed by atoms with van der Waals surface area (Å²) in [5.74, 6) is 2.17. The summed E-state index contributed by atoms with van der Waals surface area (Å²) in [7, 11) is 3.63. The molecule has 0 saturated carbocycles. The number of nitrogens with zero attached hydrogens (tertiary/aromatic N) is 4. The molecule has 0 aromatic heterocycles. The van der Waals surface area contributed by atoms with Crippen molar-refractivity contribution >= 4 is 17.3 Å². The average molecular weight is 451 g/mol. The Balaban J connectivity index is 1.98. The van der Waals surface area contributed by atoms with E-state index in [4.69, 9.17) is 4.74 Å². The van der Waals surface area contributed by atoms with E-state index >= 15 is 0 Å². The lowest BCUT2D eigenvalue weighted by atomic mass is 10.0. The summed E-state index contributed by atoms with van der Waals surface area (Å²) in [6, 6.07) is 7.86. The molecule has 0 atom stereocenters. The van der Waals surface area contributed by atoms with Gasteiger partial charge in [0.2, 0.25) is 5.91 Å². The van der Waals surface area contributed by atoms with Crippen molar-refractivity contribution in [3.63, 3.8) is 0 Å². The molecular weight excluding hydrogens is 412 g/mol. The van der Waals surface area contributed by atoms with Gasteiger partial charge in [0, 0.05) is 45.1 Å². The number of benzene rings is 1. The second-order valence-corrected chi connectivity index (χ2v) is 8.46. The first-order valence-electron chi connectivity index (χ1n) is 11.4. The van der Waals surface area contributed by atoms with E-state index in [9.17, 15) is 4.79 Å². The molecule has 0 spiro atoms. The number of rotatable bonds is 9. The second kappa shape index (κ2) is 12.7. The number of amides is 1. The van der Waals surface area contributed by atoms with Gasteiger partial charge in [-0.25, -0.2) is 4.99 Å². The van der Waals surface area contributed by atoms with Gasteiger partial charge in [-0.3, -0.25) is 4.79 Å². The summed E-state index contributed by atoms with van der Waals surface area (Å²) in [5.41, 5.74) is 3.03. The van der Waals surface area contributed by atoms with Crippen molar-refractivity contribution in [3.05, 3.63) is 73.1 Å². The number of hydrogen-bond acceptors (Lipinski definition) is 4. The maximum Gasteiger partial charge on any atom is 0.242 e. The number of ether oxygens (including phenoxy) is 1. The molecule has 1 aromatic rings. The Morgan fingerprint density at radius 3 is 2.33 bits per heavy atom. The minimum atomic E-state index is 0.139. The molecule has 33 heavy (non-hydrogen) atoms. The number of carbonyl (C=O) groups is 1. The number of allylic oxidation sites excluding steroid dienone is 5. The number of amidine groups is 1. The van der Waals surface area contributed by atoms with E-state index in [-0.39, 0.29) is 11.8 Å². The number of hydrogen-bond donors (Lipinski definition) is 0. The highest BCUT2D eigenvalue weighted by atomic mass is 16.5. The Hall–Kier alpha value is -3.28. The van der Waals surface area contributed by atoms with Crippen LogP contribution in [0.3, 0.4) is 0 Å². The number of methoxy groups -OCH3 is 1. The molecule has 6 heteroatoms. The zero-order valence-electron chi connectivity index (χ0n) is 20.8. The summed E-state index contributed by atoms with van der Waals surface area (Å²) in [6.07, 6.45) is 7.33. The maximum absolute atomic E-state index is 13.0. The molecule has 0 aliphatic carbocycles. The van der Waals surface area contributed by atoms with Crippen LogP contribution < -0.4 is 4.74 Å². The van der Waals surface area contributed by atoms with Gasteiger partial charge in [-0.1, -0.05) is 45.2 Å². The van der Waals surface area contributed by atoms with Gasteiger partial charge in [-0.15, -0.1) is 0 Å². The number of aliphatic imine (C=N–C) groups is 1. The third kappa shape index (κ3) is 7.67. The van der Waals surface area contributed by atoms with Crippen molar-refractivity contribution in [1.82, 2.24) is 14.7 Å². The van der Waals surface area contributed by atoms with Crippen LogP contribution in [0.4, 0.5) is 0 Å². The Labute approximate surface area is 199 Å². The average Bonchev–Trinajstić information content (AvgIpc) is 2.82. The predicted molar refractivity (Wildman–Crippen MR) is 138 cm³/mol. The van der Waals surface area contributed by atoms with Crippen LogP contribution in [0.15, 0.2) is 72.5 Å². The van der Waals surface area contributed by atoms with Crippen LogP contribution in [-0.4, -0.2) is 73.3 Å². The summed E-state index contributed by atoms with van der Waals surface area (Å²) in [5, 5.41) is 0. The Kier molecular flexibility index (Phi) is 9.98. The molecule has 2 rings (SSSR count). The van der Waals surface area contributed by atoms with Gasteiger partial charge in [-0.05, 0) is 48.3 Å². The van der Waals surface area contributed by atoms with Gasteiger partial charge in [0.05, 0.1) is 13.7 Å². The second-order valence-electron chi connectivity index (χ2n) is 8.46. The highest BCUT2D eigenvalue weighted by Gasteiger charge is 2.23. The lowest BCUT2D eigenvalue weighted by molar-refractivity contribution is -0.133.